The molecule has 8 nitrogen and oxygen atoms in total. The van der Waals surface area contributed by atoms with Crippen molar-refractivity contribution in [2.45, 2.75) is 26.3 Å². The molecular weight excluding hydrogens is 673 g/mol. The molecule has 0 bridgehead atoms. The average molecular weight is 705 g/mol. The number of rotatable bonds is 9. The number of benzene rings is 4. The number of anilines is 3. The van der Waals surface area contributed by atoms with E-state index in [1.807, 2.05) is 113 Å². The predicted octanol–water partition coefficient (Wildman–Crippen LogP) is 9.31. The van der Waals surface area contributed by atoms with Gasteiger partial charge >= 0.3 is 6.03 Å². The molecular formula is C38H32N4O4S3. The average Bonchev–Trinajstić information content (AvgIpc) is 3.61. The van der Waals surface area contributed by atoms with E-state index >= 15 is 0 Å². The number of carbonyl (C=O) groups excluding carboxylic acids is 2. The number of thioether (sulfide) groups is 2. The van der Waals surface area contributed by atoms with Gasteiger partial charge in [0, 0.05) is 26.4 Å². The van der Waals surface area contributed by atoms with Crippen molar-refractivity contribution in [1.82, 2.24) is 4.98 Å². The van der Waals surface area contributed by atoms with Gasteiger partial charge in [0.1, 0.15) is 5.25 Å². The highest BCUT2D eigenvalue weighted by molar-refractivity contribution is 8.00. The number of methoxy groups -OCH3 is 2. The van der Waals surface area contributed by atoms with Crippen molar-refractivity contribution in [3.8, 4) is 22.8 Å². The molecule has 5 aromatic rings. The highest BCUT2D eigenvalue weighted by atomic mass is 32.2. The van der Waals surface area contributed by atoms with E-state index in [1.165, 1.54) is 23.1 Å². The van der Waals surface area contributed by atoms with E-state index in [9.17, 15) is 9.59 Å². The smallest absolute Gasteiger partial charge is 0.326 e. The van der Waals surface area contributed by atoms with Crippen molar-refractivity contribution < 1.29 is 19.1 Å². The van der Waals surface area contributed by atoms with Gasteiger partial charge in [-0.05, 0) is 54.1 Å². The fraction of sp³-hybridized carbons (Fsp3) is 0.132. The largest absolute Gasteiger partial charge is 0.493 e. The molecule has 7 rings (SSSR count). The fourth-order valence-electron chi connectivity index (χ4n) is 5.72. The maximum absolute atomic E-state index is 13.9. The molecule has 0 saturated heterocycles. The molecule has 1 aliphatic heterocycles. The first-order chi connectivity index (χ1) is 24.0. The number of fused-ring (bicyclic) bond motifs is 2. The number of allylic oxidation sites excluding steroid dienone is 2. The minimum atomic E-state index is -0.577. The van der Waals surface area contributed by atoms with Gasteiger partial charge in [-0.2, -0.15) is 0 Å². The summed E-state index contributed by atoms with van der Waals surface area (Å²) in [6, 6.07) is 30.5. The molecule has 0 spiro atoms. The molecule has 49 heavy (non-hydrogen) atoms. The Morgan fingerprint density at radius 3 is 2.49 bits per heavy atom. The van der Waals surface area contributed by atoms with Gasteiger partial charge in [-0.25, -0.2) is 9.78 Å². The van der Waals surface area contributed by atoms with Crippen LogP contribution in [0.3, 0.4) is 0 Å². The molecule has 246 valence electrons. The summed E-state index contributed by atoms with van der Waals surface area (Å²) in [4.78, 5) is 36.2. The minimum Gasteiger partial charge on any atom is -0.493 e. The number of hydrogen-bond donors (Lipinski definition) is 2. The van der Waals surface area contributed by atoms with Crippen LogP contribution in [0.1, 0.15) is 10.8 Å². The SMILES string of the molecule is COc1ccc(-c2csc(NC(=O)C(Sc3cccc(NC(=O)N4c5ccccc5SC5C=CC=CC54)c3)c3ccccc3)n2)cc1OC. The summed E-state index contributed by atoms with van der Waals surface area (Å²) in [6.45, 7) is 0. The molecule has 2 aliphatic rings. The van der Waals surface area contributed by atoms with Gasteiger partial charge in [-0.15, -0.1) is 34.9 Å². The third-order valence-electron chi connectivity index (χ3n) is 8.05. The first-order valence-electron chi connectivity index (χ1n) is 15.5. The number of carbonyl (C=O) groups is 2. The lowest BCUT2D eigenvalue weighted by molar-refractivity contribution is -0.115. The van der Waals surface area contributed by atoms with Crippen LogP contribution in [0.2, 0.25) is 0 Å². The molecule has 2 N–H and O–H groups in total. The Bertz CT molecular complexity index is 2050. The van der Waals surface area contributed by atoms with Gasteiger partial charge in [0.15, 0.2) is 16.6 Å². The Hall–Kier alpha value is -4.97. The quantitative estimate of drug-likeness (QED) is 0.148. The topological polar surface area (TPSA) is 92.8 Å². The second-order valence-electron chi connectivity index (χ2n) is 11.1. The Balaban J connectivity index is 1.09. The molecule has 3 unspecified atom stereocenters. The Labute approximate surface area is 297 Å². The molecule has 3 atom stereocenters. The zero-order valence-electron chi connectivity index (χ0n) is 26.6. The number of para-hydroxylation sites is 1. The molecule has 3 amide bonds. The van der Waals surface area contributed by atoms with Crippen molar-refractivity contribution in [2.24, 2.45) is 0 Å². The summed E-state index contributed by atoms with van der Waals surface area (Å²) in [5.74, 6) is 1.03. The molecule has 4 aromatic carbocycles. The standard InChI is InChI=1S/C38H32N4O4S3/c1-45-31-20-19-25(21-32(31)46-2)28-23-47-37(40-28)41-36(43)35(24-11-4-3-5-12-24)48-27-14-10-13-26(22-27)39-38(44)42-29-15-6-8-17-33(29)49-34-18-9-7-16-30(34)42/h3-23,29,33,35H,1-2H3,(H,39,44)(H,40,41,43). The first kappa shape index (κ1) is 32.6. The van der Waals surface area contributed by atoms with E-state index < -0.39 is 5.25 Å². The van der Waals surface area contributed by atoms with Crippen LogP contribution in [0, 0.1) is 0 Å². The molecule has 0 saturated carbocycles. The van der Waals surface area contributed by atoms with Crippen LogP contribution in [0.25, 0.3) is 11.3 Å². The number of ether oxygens (including phenoxy) is 2. The van der Waals surface area contributed by atoms with E-state index in [-0.39, 0.29) is 23.2 Å². The van der Waals surface area contributed by atoms with Crippen LogP contribution < -0.4 is 25.0 Å². The Morgan fingerprint density at radius 2 is 1.65 bits per heavy atom. The molecule has 0 fully saturated rings. The summed E-state index contributed by atoms with van der Waals surface area (Å²) < 4.78 is 10.8. The van der Waals surface area contributed by atoms with E-state index in [0.29, 0.717) is 22.3 Å². The van der Waals surface area contributed by atoms with Crippen LogP contribution in [0.5, 0.6) is 11.5 Å². The molecule has 2 heterocycles. The maximum Gasteiger partial charge on any atom is 0.326 e. The number of nitrogens with zero attached hydrogens (tertiary/aromatic N) is 2. The number of nitrogens with one attached hydrogen (secondary N) is 2. The zero-order valence-corrected chi connectivity index (χ0v) is 29.1. The van der Waals surface area contributed by atoms with Gasteiger partial charge in [0.25, 0.3) is 0 Å². The zero-order chi connectivity index (χ0) is 33.7. The number of urea groups is 1. The second-order valence-corrected chi connectivity index (χ2v) is 14.4. The summed E-state index contributed by atoms with van der Waals surface area (Å²) in [5.41, 5.74) is 3.94. The van der Waals surface area contributed by atoms with Crippen LogP contribution in [-0.2, 0) is 4.79 Å². The van der Waals surface area contributed by atoms with Gasteiger partial charge < -0.3 is 20.1 Å². The van der Waals surface area contributed by atoms with Crippen LogP contribution in [0.4, 0.5) is 21.3 Å². The van der Waals surface area contributed by atoms with Gasteiger partial charge in [-0.1, -0.05) is 72.8 Å². The van der Waals surface area contributed by atoms with Crippen molar-refractivity contribution in [3.05, 3.63) is 132 Å². The highest BCUT2D eigenvalue weighted by Gasteiger charge is 2.36. The molecule has 0 radical (unpaired) electrons. The summed E-state index contributed by atoms with van der Waals surface area (Å²) in [5, 5.41) is 8.09. The maximum atomic E-state index is 13.9. The van der Waals surface area contributed by atoms with Crippen LogP contribution in [-0.4, -0.2) is 42.4 Å². The van der Waals surface area contributed by atoms with Crippen molar-refractivity contribution in [3.63, 3.8) is 0 Å². The predicted molar refractivity (Wildman–Crippen MR) is 200 cm³/mol. The Morgan fingerprint density at radius 1 is 0.857 bits per heavy atom. The lowest BCUT2D eigenvalue weighted by Crippen LogP contribution is -2.49. The van der Waals surface area contributed by atoms with Gasteiger partial charge in [0.05, 0.1) is 36.9 Å². The second kappa shape index (κ2) is 14.7. The minimum absolute atomic E-state index is 0.105. The van der Waals surface area contributed by atoms with E-state index in [2.05, 4.69) is 33.8 Å². The van der Waals surface area contributed by atoms with Crippen LogP contribution in [0.15, 0.2) is 137 Å². The number of thiazole rings is 1. The van der Waals surface area contributed by atoms with E-state index in [4.69, 9.17) is 9.47 Å². The van der Waals surface area contributed by atoms with E-state index in [1.54, 1.807) is 26.0 Å². The first-order valence-corrected chi connectivity index (χ1v) is 18.2. The monoisotopic (exact) mass is 704 g/mol. The summed E-state index contributed by atoms with van der Waals surface area (Å²) in [6.07, 6.45) is 8.23. The Kier molecular flexibility index (Phi) is 9.74. The van der Waals surface area contributed by atoms with Crippen molar-refractivity contribution >= 4 is 63.3 Å². The summed E-state index contributed by atoms with van der Waals surface area (Å²) >= 11 is 4.53. The third-order valence-corrected chi connectivity index (χ3v) is 11.4. The lowest BCUT2D eigenvalue weighted by Gasteiger charge is -2.40. The van der Waals surface area contributed by atoms with Crippen molar-refractivity contribution in [1.29, 1.82) is 0 Å². The van der Waals surface area contributed by atoms with Crippen LogP contribution >= 0.6 is 34.9 Å². The molecule has 11 heteroatoms. The van der Waals surface area contributed by atoms with Gasteiger partial charge in [0.2, 0.25) is 5.91 Å². The third kappa shape index (κ3) is 7.10. The molecule has 1 aromatic heterocycles. The highest BCUT2D eigenvalue weighted by Crippen LogP contribution is 2.44. The van der Waals surface area contributed by atoms with Crippen molar-refractivity contribution in [2.75, 3.05) is 29.8 Å². The van der Waals surface area contributed by atoms with E-state index in [0.717, 1.165) is 32.3 Å². The molecule has 1 aliphatic carbocycles. The number of hydrogen-bond acceptors (Lipinski definition) is 8. The number of amides is 3. The normalized spacial score (nSPS) is 16.7. The van der Waals surface area contributed by atoms with Gasteiger partial charge in [-0.3, -0.25) is 9.69 Å². The number of aromatic nitrogens is 1. The fourth-order valence-corrected chi connectivity index (χ4v) is 8.79. The summed E-state index contributed by atoms with van der Waals surface area (Å²) in [7, 11) is 3.18. The lowest BCUT2D eigenvalue weighted by atomic mass is 10.1.